The van der Waals surface area contributed by atoms with Gasteiger partial charge in [0.25, 0.3) is 0 Å². The Hall–Kier alpha value is -0.570. The van der Waals surface area contributed by atoms with E-state index in [4.69, 9.17) is 0 Å². The fourth-order valence-electron chi connectivity index (χ4n) is 2.57. The normalized spacial score (nSPS) is 31.3. The zero-order chi connectivity index (χ0) is 13.0. The molecule has 0 spiro atoms. The highest BCUT2D eigenvalue weighted by molar-refractivity contribution is 5.81. The topological polar surface area (TPSA) is 41.1 Å². The molecule has 0 aliphatic heterocycles. The Morgan fingerprint density at radius 3 is 2.41 bits per heavy atom. The van der Waals surface area contributed by atoms with Crippen molar-refractivity contribution >= 4 is 5.91 Å². The number of rotatable bonds is 4. The summed E-state index contributed by atoms with van der Waals surface area (Å²) in [5.74, 6) is 1.58. The van der Waals surface area contributed by atoms with Crippen molar-refractivity contribution in [2.75, 3.05) is 0 Å². The zero-order valence-corrected chi connectivity index (χ0v) is 11.9. The van der Waals surface area contributed by atoms with Crippen molar-refractivity contribution in [3.05, 3.63) is 0 Å². The van der Waals surface area contributed by atoms with Crippen molar-refractivity contribution in [1.29, 1.82) is 0 Å². The van der Waals surface area contributed by atoms with Crippen LogP contribution in [0.1, 0.15) is 53.9 Å². The maximum Gasteiger partial charge on any atom is 0.237 e. The standard InChI is InChI=1S/C14H28N2O/c1-9(2)15-14(17)12(5)16-13-8-10(3)6-7-11(13)4/h9-13,16H,6-8H2,1-5H3,(H,15,17). The predicted octanol–water partition coefficient (Wildman–Crippen LogP) is 2.31. The zero-order valence-electron chi connectivity index (χ0n) is 11.9. The minimum Gasteiger partial charge on any atom is -0.353 e. The first-order chi connectivity index (χ1) is 7.90. The lowest BCUT2D eigenvalue weighted by Gasteiger charge is -2.35. The number of carbonyl (C=O) groups excluding carboxylic acids is 1. The van der Waals surface area contributed by atoms with E-state index < -0.39 is 0 Å². The lowest BCUT2D eigenvalue weighted by molar-refractivity contribution is -0.123. The molecule has 0 heterocycles. The molecule has 1 amide bonds. The molecule has 4 unspecified atom stereocenters. The van der Waals surface area contributed by atoms with E-state index in [0.29, 0.717) is 12.0 Å². The van der Waals surface area contributed by atoms with Crippen molar-refractivity contribution in [2.24, 2.45) is 11.8 Å². The molecule has 100 valence electrons. The lowest BCUT2D eigenvalue weighted by atomic mass is 9.80. The third-order valence-electron chi connectivity index (χ3n) is 3.75. The summed E-state index contributed by atoms with van der Waals surface area (Å²) >= 11 is 0. The van der Waals surface area contributed by atoms with Crippen LogP contribution >= 0.6 is 0 Å². The van der Waals surface area contributed by atoms with Crippen molar-refractivity contribution in [3.63, 3.8) is 0 Å². The summed E-state index contributed by atoms with van der Waals surface area (Å²) in [4.78, 5) is 11.8. The Bertz CT molecular complexity index is 253. The van der Waals surface area contributed by atoms with Crippen LogP contribution < -0.4 is 10.6 Å². The summed E-state index contributed by atoms with van der Waals surface area (Å²) in [6.45, 7) is 10.5. The van der Waals surface area contributed by atoms with Gasteiger partial charge in [0, 0.05) is 12.1 Å². The Balaban J connectivity index is 2.43. The molecule has 0 aromatic heterocycles. The first kappa shape index (κ1) is 14.5. The molecule has 0 saturated heterocycles. The second kappa shape index (κ2) is 6.39. The average molecular weight is 240 g/mol. The molecule has 0 bridgehead atoms. The van der Waals surface area contributed by atoms with Gasteiger partial charge in [-0.1, -0.05) is 20.3 Å². The van der Waals surface area contributed by atoms with E-state index in [9.17, 15) is 4.79 Å². The third-order valence-corrected chi connectivity index (χ3v) is 3.75. The van der Waals surface area contributed by atoms with Crippen LogP contribution in [0.3, 0.4) is 0 Å². The minimum atomic E-state index is -0.0878. The molecule has 1 rings (SSSR count). The Labute approximate surface area is 106 Å². The van der Waals surface area contributed by atoms with E-state index in [1.807, 2.05) is 20.8 Å². The highest BCUT2D eigenvalue weighted by Crippen LogP contribution is 2.28. The van der Waals surface area contributed by atoms with Crippen LogP contribution in [0, 0.1) is 11.8 Å². The maximum absolute atomic E-state index is 11.8. The maximum atomic E-state index is 11.8. The molecule has 0 aromatic carbocycles. The monoisotopic (exact) mass is 240 g/mol. The number of hydrogen-bond acceptors (Lipinski definition) is 2. The van der Waals surface area contributed by atoms with Crippen LogP contribution in [0.2, 0.25) is 0 Å². The van der Waals surface area contributed by atoms with Crippen LogP contribution in [0.4, 0.5) is 0 Å². The van der Waals surface area contributed by atoms with E-state index in [-0.39, 0.29) is 18.0 Å². The average Bonchev–Trinajstić information content (AvgIpc) is 2.22. The molecule has 0 aromatic rings. The second-order valence-corrected chi connectivity index (χ2v) is 6.05. The van der Waals surface area contributed by atoms with Crippen LogP contribution in [-0.4, -0.2) is 24.0 Å². The van der Waals surface area contributed by atoms with E-state index in [1.165, 1.54) is 19.3 Å². The lowest BCUT2D eigenvalue weighted by Crippen LogP contribution is -2.51. The van der Waals surface area contributed by atoms with Crippen molar-refractivity contribution in [1.82, 2.24) is 10.6 Å². The summed E-state index contributed by atoms with van der Waals surface area (Å²) in [7, 11) is 0. The SMILES string of the molecule is CC1CCC(C)C(NC(C)C(=O)NC(C)C)C1. The van der Waals surface area contributed by atoms with E-state index in [2.05, 4.69) is 24.5 Å². The van der Waals surface area contributed by atoms with Crippen molar-refractivity contribution in [3.8, 4) is 0 Å². The van der Waals surface area contributed by atoms with Gasteiger partial charge < -0.3 is 10.6 Å². The van der Waals surface area contributed by atoms with Gasteiger partial charge in [-0.2, -0.15) is 0 Å². The summed E-state index contributed by atoms with van der Waals surface area (Å²) in [6, 6.07) is 0.622. The molecule has 1 aliphatic rings. The Morgan fingerprint density at radius 1 is 1.18 bits per heavy atom. The number of hydrogen-bond donors (Lipinski definition) is 2. The van der Waals surface area contributed by atoms with E-state index >= 15 is 0 Å². The molecule has 2 N–H and O–H groups in total. The fraction of sp³-hybridized carbons (Fsp3) is 0.929. The van der Waals surface area contributed by atoms with Gasteiger partial charge in [-0.15, -0.1) is 0 Å². The molecular formula is C14H28N2O. The summed E-state index contributed by atoms with van der Waals surface area (Å²) in [6.07, 6.45) is 3.80. The molecule has 1 fully saturated rings. The smallest absolute Gasteiger partial charge is 0.237 e. The first-order valence-electron chi connectivity index (χ1n) is 6.96. The van der Waals surface area contributed by atoms with Crippen molar-refractivity contribution in [2.45, 2.75) is 72.0 Å². The first-order valence-corrected chi connectivity index (χ1v) is 6.96. The van der Waals surface area contributed by atoms with Gasteiger partial charge in [0.15, 0.2) is 0 Å². The summed E-state index contributed by atoms with van der Waals surface area (Å²) < 4.78 is 0. The number of carbonyl (C=O) groups is 1. The molecule has 0 radical (unpaired) electrons. The van der Waals surface area contributed by atoms with Gasteiger partial charge in [0.1, 0.15) is 0 Å². The predicted molar refractivity (Wildman–Crippen MR) is 71.8 cm³/mol. The van der Waals surface area contributed by atoms with Crippen molar-refractivity contribution < 1.29 is 4.79 Å². The Kier molecular flexibility index (Phi) is 5.44. The van der Waals surface area contributed by atoms with E-state index in [1.54, 1.807) is 0 Å². The number of amides is 1. The van der Waals surface area contributed by atoms with Crippen LogP contribution in [0.5, 0.6) is 0 Å². The van der Waals surface area contributed by atoms with Gasteiger partial charge >= 0.3 is 0 Å². The molecule has 4 atom stereocenters. The van der Waals surface area contributed by atoms with Gasteiger partial charge in [-0.05, 0) is 45.4 Å². The second-order valence-electron chi connectivity index (χ2n) is 6.05. The third kappa shape index (κ3) is 4.66. The fourth-order valence-corrected chi connectivity index (χ4v) is 2.57. The highest BCUT2D eigenvalue weighted by Gasteiger charge is 2.27. The summed E-state index contributed by atoms with van der Waals surface area (Å²) in [5, 5.41) is 6.45. The van der Waals surface area contributed by atoms with Gasteiger partial charge in [-0.25, -0.2) is 0 Å². The number of nitrogens with one attached hydrogen (secondary N) is 2. The van der Waals surface area contributed by atoms with Gasteiger partial charge in [0.2, 0.25) is 5.91 Å². The quantitative estimate of drug-likeness (QED) is 0.792. The highest BCUT2D eigenvalue weighted by atomic mass is 16.2. The molecular weight excluding hydrogens is 212 g/mol. The molecule has 1 aliphatic carbocycles. The molecule has 3 nitrogen and oxygen atoms in total. The van der Waals surface area contributed by atoms with E-state index in [0.717, 1.165) is 5.92 Å². The summed E-state index contributed by atoms with van der Waals surface area (Å²) in [5.41, 5.74) is 0. The van der Waals surface area contributed by atoms with Crippen LogP contribution in [0.25, 0.3) is 0 Å². The van der Waals surface area contributed by atoms with Crippen LogP contribution in [-0.2, 0) is 4.79 Å². The van der Waals surface area contributed by atoms with Crippen LogP contribution in [0.15, 0.2) is 0 Å². The van der Waals surface area contributed by atoms with Gasteiger partial charge in [-0.3, -0.25) is 4.79 Å². The molecule has 3 heteroatoms. The molecule has 1 saturated carbocycles. The largest absolute Gasteiger partial charge is 0.353 e. The minimum absolute atomic E-state index is 0.0878. The molecule has 17 heavy (non-hydrogen) atoms. The Morgan fingerprint density at radius 2 is 1.82 bits per heavy atom. The van der Waals surface area contributed by atoms with Gasteiger partial charge in [0.05, 0.1) is 6.04 Å².